The molecule has 1 fully saturated rings. The fraction of sp³-hybridized carbons (Fsp3) is 0.667. The number of carboxylic acids is 1. The van der Waals surface area contributed by atoms with Gasteiger partial charge in [-0.05, 0) is 12.8 Å². The van der Waals surface area contributed by atoms with Gasteiger partial charge in [0.15, 0.2) is 4.34 Å². The number of rotatable bonds is 6. The average Bonchev–Trinajstić information content (AvgIpc) is 2.84. The molecule has 0 atom stereocenters. The Balaban J connectivity index is 1.96. The van der Waals surface area contributed by atoms with Crippen LogP contribution in [0.2, 0.25) is 0 Å². The molecule has 0 bridgehead atoms. The Bertz CT molecular complexity index is 567. The van der Waals surface area contributed by atoms with E-state index in [1.807, 2.05) is 0 Å². The molecule has 0 spiro atoms. The van der Waals surface area contributed by atoms with E-state index in [2.05, 4.69) is 14.9 Å². The standard InChI is InChI=1S/C9H13N3O5S3/c13-7(14)5-18-9-11-10-8(19-9)12-20(15,16)6-1-3-17-4-2-6/h6H,1-5H2,(H,10,12)(H,13,14). The van der Waals surface area contributed by atoms with Crippen molar-refractivity contribution >= 4 is 44.2 Å². The molecule has 0 aliphatic carbocycles. The number of hydrogen-bond acceptors (Lipinski definition) is 8. The van der Waals surface area contributed by atoms with E-state index in [0.717, 1.165) is 23.1 Å². The van der Waals surface area contributed by atoms with Gasteiger partial charge in [-0.1, -0.05) is 23.1 Å². The van der Waals surface area contributed by atoms with Gasteiger partial charge in [-0.25, -0.2) is 8.42 Å². The molecule has 0 radical (unpaired) electrons. The molecular weight excluding hydrogens is 326 g/mol. The van der Waals surface area contributed by atoms with Crippen LogP contribution in [-0.4, -0.2) is 53.9 Å². The molecule has 0 amide bonds. The maximum atomic E-state index is 12.1. The number of carbonyl (C=O) groups is 1. The van der Waals surface area contributed by atoms with Crippen LogP contribution in [0.4, 0.5) is 5.13 Å². The maximum absolute atomic E-state index is 12.1. The second-order valence-corrected chi connectivity index (χ2v) is 8.18. The van der Waals surface area contributed by atoms with Gasteiger partial charge in [0.1, 0.15) is 0 Å². The highest BCUT2D eigenvalue weighted by Crippen LogP contribution is 2.27. The van der Waals surface area contributed by atoms with Crippen LogP contribution in [-0.2, 0) is 19.6 Å². The van der Waals surface area contributed by atoms with Crippen molar-refractivity contribution < 1.29 is 23.1 Å². The Labute approximate surface area is 124 Å². The van der Waals surface area contributed by atoms with Crippen LogP contribution in [0.25, 0.3) is 0 Å². The molecule has 0 saturated carbocycles. The van der Waals surface area contributed by atoms with Gasteiger partial charge >= 0.3 is 5.97 Å². The lowest BCUT2D eigenvalue weighted by Gasteiger charge is -2.21. The number of sulfonamides is 1. The van der Waals surface area contributed by atoms with Crippen molar-refractivity contribution in [2.75, 3.05) is 23.7 Å². The van der Waals surface area contributed by atoms with Crippen molar-refractivity contribution in [3.05, 3.63) is 0 Å². The zero-order chi connectivity index (χ0) is 14.6. The first-order valence-electron chi connectivity index (χ1n) is 5.75. The van der Waals surface area contributed by atoms with Crippen LogP contribution in [0, 0.1) is 0 Å². The Morgan fingerprint density at radius 3 is 2.80 bits per heavy atom. The predicted molar refractivity (Wildman–Crippen MR) is 74.7 cm³/mol. The molecule has 1 saturated heterocycles. The van der Waals surface area contributed by atoms with Gasteiger partial charge in [0.2, 0.25) is 15.2 Å². The van der Waals surface area contributed by atoms with E-state index in [-0.39, 0.29) is 10.9 Å². The lowest BCUT2D eigenvalue weighted by Crippen LogP contribution is -2.33. The number of carboxylic acid groups (broad SMARTS) is 1. The highest BCUT2D eigenvalue weighted by Gasteiger charge is 2.28. The summed E-state index contributed by atoms with van der Waals surface area (Å²) in [5.41, 5.74) is 0. The molecule has 2 rings (SSSR count). The number of anilines is 1. The molecule has 20 heavy (non-hydrogen) atoms. The van der Waals surface area contributed by atoms with Gasteiger partial charge in [0.05, 0.1) is 11.0 Å². The fourth-order valence-corrected chi connectivity index (χ4v) is 4.73. The van der Waals surface area contributed by atoms with Gasteiger partial charge in [0, 0.05) is 13.2 Å². The molecule has 0 unspecified atom stereocenters. The van der Waals surface area contributed by atoms with Crippen molar-refractivity contribution in [3.8, 4) is 0 Å². The molecule has 2 heterocycles. The van der Waals surface area contributed by atoms with Gasteiger partial charge in [-0.2, -0.15) is 0 Å². The molecule has 1 aliphatic heterocycles. The van der Waals surface area contributed by atoms with E-state index >= 15 is 0 Å². The van der Waals surface area contributed by atoms with Crippen LogP contribution in [0.1, 0.15) is 12.8 Å². The number of hydrogen-bond donors (Lipinski definition) is 2. The van der Waals surface area contributed by atoms with Crippen LogP contribution in [0.3, 0.4) is 0 Å². The summed E-state index contributed by atoms with van der Waals surface area (Å²) >= 11 is 2.02. The van der Waals surface area contributed by atoms with E-state index in [1.54, 1.807) is 0 Å². The minimum atomic E-state index is -3.50. The Morgan fingerprint density at radius 1 is 1.45 bits per heavy atom. The average molecular weight is 339 g/mol. The van der Waals surface area contributed by atoms with Crippen LogP contribution in [0.5, 0.6) is 0 Å². The van der Waals surface area contributed by atoms with Crippen molar-refractivity contribution in [1.29, 1.82) is 0 Å². The van der Waals surface area contributed by atoms with E-state index in [1.165, 1.54) is 0 Å². The van der Waals surface area contributed by atoms with E-state index in [0.29, 0.717) is 30.4 Å². The number of aromatic nitrogens is 2. The maximum Gasteiger partial charge on any atom is 0.313 e. The van der Waals surface area contributed by atoms with Crippen molar-refractivity contribution in [1.82, 2.24) is 10.2 Å². The summed E-state index contributed by atoms with van der Waals surface area (Å²) in [5.74, 6) is -1.10. The topological polar surface area (TPSA) is 118 Å². The molecule has 11 heteroatoms. The number of aliphatic carboxylic acids is 1. The molecule has 112 valence electrons. The minimum Gasteiger partial charge on any atom is -0.481 e. The zero-order valence-electron chi connectivity index (χ0n) is 10.3. The van der Waals surface area contributed by atoms with Gasteiger partial charge in [-0.3, -0.25) is 9.52 Å². The zero-order valence-corrected chi connectivity index (χ0v) is 12.8. The second-order valence-electron chi connectivity index (χ2n) is 4.01. The third kappa shape index (κ3) is 4.30. The molecule has 1 aliphatic rings. The highest BCUT2D eigenvalue weighted by atomic mass is 32.2. The lowest BCUT2D eigenvalue weighted by atomic mass is 10.2. The van der Waals surface area contributed by atoms with Gasteiger partial charge in [0.25, 0.3) is 0 Å². The highest BCUT2D eigenvalue weighted by molar-refractivity contribution is 8.01. The van der Waals surface area contributed by atoms with Gasteiger partial charge < -0.3 is 9.84 Å². The molecule has 1 aromatic heterocycles. The van der Waals surface area contributed by atoms with E-state index in [4.69, 9.17) is 9.84 Å². The Kier molecular flexibility index (Phi) is 5.18. The molecule has 0 aromatic carbocycles. The molecule has 2 N–H and O–H groups in total. The van der Waals surface area contributed by atoms with Crippen molar-refractivity contribution in [2.45, 2.75) is 22.4 Å². The second kappa shape index (κ2) is 6.70. The summed E-state index contributed by atoms with van der Waals surface area (Å²) < 4.78 is 32.1. The number of nitrogens with zero attached hydrogens (tertiary/aromatic N) is 2. The minimum absolute atomic E-state index is 0.138. The summed E-state index contributed by atoms with van der Waals surface area (Å²) in [4.78, 5) is 10.4. The van der Waals surface area contributed by atoms with Crippen LogP contribution in [0.15, 0.2) is 4.34 Å². The Morgan fingerprint density at radius 2 is 2.15 bits per heavy atom. The van der Waals surface area contributed by atoms with E-state index in [9.17, 15) is 13.2 Å². The summed E-state index contributed by atoms with van der Waals surface area (Å²) in [6.07, 6.45) is 0.906. The van der Waals surface area contributed by atoms with Gasteiger partial charge in [-0.15, -0.1) is 10.2 Å². The lowest BCUT2D eigenvalue weighted by molar-refractivity contribution is -0.133. The van der Waals surface area contributed by atoms with Crippen LogP contribution >= 0.6 is 23.1 Å². The summed E-state index contributed by atoms with van der Waals surface area (Å²) in [7, 11) is -3.50. The largest absolute Gasteiger partial charge is 0.481 e. The predicted octanol–water partition coefficient (Wildman–Crippen LogP) is 0.635. The normalized spacial score (nSPS) is 17.0. The number of nitrogens with one attached hydrogen (secondary N) is 1. The monoisotopic (exact) mass is 339 g/mol. The van der Waals surface area contributed by atoms with E-state index < -0.39 is 21.2 Å². The third-order valence-electron chi connectivity index (χ3n) is 2.56. The third-order valence-corrected chi connectivity index (χ3v) is 6.48. The first kappa shape index (κ1) is 15.5. The first-order valence-corrected chi connectivity index (χ1v) is 9.09. The summed E-state index contributed by atoms with van der Waals surface area (Å²) in [6, 6.07) is 0. The Hall–Kier alpha value is -0.910. The summed E-state index contributed by atoms with van der Waals surface area (Å²) in [5, 5.41) is 15.7. The SMILES string of the molecule is O=C(O)CSc1nnc(NS(=O)(=O)C2CCOCC2)s1. The quantitative estimate of drug-likeness (QED) is 0.725. The summed E-state index contributed by atoms with van der Waals surface area (Å²) in [6.45, 7) is 0.864. The van der Waals surface area contributed by atoms with Crippen LogP contribution < -0.4 is 4.72 Å². The van der Waals surface area contributed by atoms with Crippen molar-refractivity contribution in [3.63, 3.8) is 0 Å². The fourth-order valence-electron chi connectivity index (χ4n) is 1.62. The first-order chi connectivity index (χ1) is 9.47. The molecule has 1 aromatic rings. The number of ether oxygens (including phenoxy) is 1. The molecule has 8 nitrogen and oxygen atoms in total. The molecular formula is C9H13N3O5S3. The number of thioether (sulfide) groups is 1. The van der Waals surface area contributed by atoms with Crippen molar-refractivity contribution in [2.24, 2.45) is 0 Å². The smallest absolute Gasteiger partial charge is 0.313 e.